The van der Waals surface area contributed by atoms with Crippen molar-refractivity contribution in [2.45, 2.75) is 38.1 Å². The molecule has 0 aromatic heterocycles. The van der Waals surface area contributed by atoms with Gasteiger partial charge in [-0.25, -0.2) is 0 Å². The Labute approximate surface area is 83.0 Å². The minimum atomic E-state index is 0. The SMILES string of the molecule is [NH-]C1CCCCC1.[SH-].[Sc]. The summed E-state index contributed by atoms with van der Waals surface area (Å²) in [7, 11) is 0. The molecule has 1 aliphatic rings. The summed E-state index contributed by atoms with van der Waals surface area (Å²) >= 11 is 0. The summed E-state index contributed by atoms with van der Waals surface area (Å²) in [6.45, 7) is 0. The molecular formula is C6H13NSSc-2. The van der Waals surface area contributed by atoms with Gasteiger partial charge in [0.05, 0.1) is 0 Å². The van der Waals surface area contributed by atoms with Crippen molar-refractivity contribution in [3.63, 3.8) is 0 Å². The van der Waals surface area contributed by atoms with Crippen LogP contribution in [0.1, 0.15) is 32.1 Å². The van der Waals surface area contributed by atoms with E-state index in [0.717, 1.165) is 12.8 Å². The van der Waals surface area contributed by atoms with E-state index in [9.17, 15) is 0 Å². The molecule has 0 amide bonds. The molecule has 0 saturated heterocycles. The molecule has 3 heteroatoms. The predicted octanol–water partition coefficient (Wildman–Crippen LogP) is 2.10. The molecule has 1 N–H and O–H groups in total. The van der Waals surface area contributed by atoms with Gasteiger partial charge in [0.15, 0.2) is 0 Å². The summed E-state index contributed by atoms with van der Waals surface area (Å²) in [6.07, 6.45) is 6.28. The van der Waals surface area contributed by atoms with Crippen molar-refractivity contribution < 1.29 is 25.8 Å². The van der Waals surface area contributed by atoms with Gasteiger partial charge < -0.3 is 19.2 Å². The minimum Gasteiger partial charge on any atom is -0.813 e. The normalized spacial score (nSPS) is 19.7. The number of hydrogen-bond donors (Lipinski definition) is 0. The van der Waals surface area contributed by atoms with Gasteiger partial charge in [-0.3, -0.25) is 0 Å². The molecule has 1 radical (unpaired) electrons. The molecule has 1 nitrogen and oxygen atoms in total. The van der Waals surface area contributed by atoms with E-state index in [-0.39, 0.29) is 45.4 Å². The fourth-order valence-corrected chi connectivity index (χ4v) is 1.10. The summed E-state index contributed by atoms with van der Waals surface area (Å²) in [5.74, 6) is 0. The van der Waals surface area contributed by atoms with E-state index in [2.05, 4.69) is 0 Å². The molecule has 0 aliphatic heterocycles. The van der Waals surface area contributed by atoms with Crippen LogP contribution < -0.4 is 0 Å². The average molecular weight is 176 g/mol. The van der Waals surface area contributed by atoms with Crippen LogP contribution in [-0.4, -0.2) is 6.04 Å². The zero-order valence-corrected chi connectivity index (χ0v) is 8.34. The average Bonchev–Trinajstić information content (AvgIpc) is 1.69. The summed E-state index contributed by atoms with van der Waals surface area (Å²) in [6, 6.07) is 0.286. The summed E-state index contributed by atoms with van der Waals surface area (Å²) in [5, 5.41) is 0. The number of nitrogens with one attached hydrogen (secondary N) is 1. The van der Waals surface area contributed by atoms with Crippen LogP contribution in [0.3, 0.4) is 0 Å². The van der Waals surface area contributed by atoms with Crippen LogP contribution in [0.15, 0.2) is 0 Å². The molecule has 0 aromatic rings. The Hall–Kier alpha value is 1.18. The Morgan fingerprint density at radius 1 is 1.00 bits per heavy atom. The van der Waals surface area contributed by atoms with Crippen molar-refractivity contribution in [3.05, 3.63) is 5.73 Å². The first-order valence-corrected chi connectivity index (χ1v) is 3.11. The fourth-order valence-electron chi connectivity index (χ4n) is 1.10. The number of rotatable bonds is 0. The van der Waals surface area contributed by atoms with Crippen molar-refractivity contribution in [2.24, 2.45) is 0 Å². The zero-order valence-electron chi connectivity index (χ0n) is 5.64. The third kappa shape index (κ3) is 5.62. The van der Waals surface area contributed by atoms with E-state index in [1.807, 2.05) is 0 Å². The van der Waals surface area contributed by atoms with Crippen molar-refractivity contribution >= 4 is 13.5 Å². The second kappa shape index (κ2) is 7.29. The van der Waals surface area contributed by atoms with Gasteiger partial charge in [-0.15, -0.1) is 6.04 Å². The molecule has 1 aliphatic carbocycles. The van der Waals surface area contributed by atoms with Gasteiger partial charge in [0, 0.05) is 25.8 Å². The third-order valence-corrected chi connectivity index (χ3v) is 1.61. The van der Waals surface area contributed by atoms with E-state index < -0.39 is 0 Å². The Balaban J connectivity index is 0. The van der Waals surface area contributed by atoms with Crippen LogP contribution >= 0.6 is 0 Å². The maximum atomic E-state index is 7.27. The first kappa shape index (κ1) is 12.8. The van der Waals surface area contributed by atoms with Crippen LogP contribution in [0.5, 0.6) is 0 Å². The molecule has 0 bridgehead atoms. The molecule has 0 spiro atoms. The molecule has 0 atom stereocenters. The molecule has 53 valence electrons. The molecule has 1 rings (SSSR count). The van der Waals surface area contributed by atoms with Gasteiger partial charge in [0.1, 0.15) is 0 Å². The van der Waals surface area contributed by atoms with Gasteiger partial charge in [-0.2, -0.15) is 0 Å². The number of hydrogen-bond acceptors (Lipinski definition) is 1. The Morgan fingerprint density at radius 2 is 1.44 bits per heavy atom. The number of thiol groups is 1. The van der Waals surface area contributed by atoms with Crippen molar-refractivity contribution in [1.82, 2.24) is 0 Å². The summed E-state index contributed by atoms with van der Waals surface area (Å²) < 4.78 is 0. The molecule has 0 unspecified atom stereocenters. The van der Waals surface area contributed by atoms with E-state index in [1.165, 1.54) is 19.3 Å². The van der Waals surface area contributed by atoms with Gasteiger partial charge in [-0.05, 0) is 0 Å². The van der Waals surface area contributed by atoms with Crippen LogP contribution in [0.25, 0.3) is 5.73 Å². The predicted molar refractivity (Wildman–Crippen MR) is 40.0 cm³/mol. The third-order valence-electron chi connectivity index (χ3n) is 1.61. The minimum absolute atomic E-state index is 0. The van der Waals surface area contributed by atoms with Gasteiger partial charge in [-0.1, -0.05) is 32.1 Å². The first-order chi connectivity index (χ1) is 3.39. The first-order valence-electron chi connectivity index (χ1n) is 3.11. The Kier molecular flexibility index (Phi) is 10.4. The summed E-state index contributed by atoms with van der Waals surface area (Å²) in [4.78, 5) is 0. The molecule has 0 aromatic carbocycles. The molecule has 1 fully saturated rings. The van der Waals surface area contributed by atoms with Crippen molar-refractivity contribution in [2.75, 3.05) is 0 Å². The standard InChI is InChI=1S/C6H12N.H2S.Sc/c7-6-4-2-1-3-5-6;;/h6-7H,1-5H2;1H2;/q-1;;/p-1. The topological polar surface area (TPSA) is 23.8 Å². The maximum Gasteiger partial charge on any atom is 0 e. The van der Waals surface area contributed by atoms with Gasteiger partial charge >= 0.3 is 0 Å². The monoisotopic (exact) mass is 176 g/mol. The largest absolute Gasteiger partial charge is 0.813 e. The van der Waals surface area contributed by atoms with E-state index in [1.54, 1.807) is 0 Å². The molecule has 9 heavy (non-hydrogen) atoms. The van der Waals surface area contributed by atoms with E-state index >= 15 is 0 Å². The van der Waals surface area contributed by atoms with Gasteiger partial charge in [0.2, 0.25) is 0 Å². The second-order valence-electron chi connectivity index (χ2n) is 2.33. The van der Waals surface area contributed by atoms with Crippen molar-refractivity contribution in [3.8, 4) is 0 Å². The van der Waals surface area contributed by atoms with Gasteiger partial charge in [0.25, 0.3) is 0 Å². The van der Waals surface area contributed by atoms with Crippen LogP contribution in [0.4, 0.5) is 0 Å². The molecule has 1 saturated carbocycles. The second-order valence-corrected chi connectivity index (χ2v) is 2.33. The molecular weight excluding hydrogens is 163 g/mol. The van der Waals surface area contributed by atoms with E-state index in [4.69, 9.17) is 5.73 Å². The van der Waals surface area contributed by atoms with Crippen LogP contribution in [-0.2, 0) is 39.3 Å². The maximum absolute atomic E-state index is 7.27. The van der Waals surface area contributed by atoms with Crippen LogP contribution in [0, 0.1) is 0 Å². The zero-order chi connectivity index (χ0) is 5.11. The fraction of sp³-hybridized carbons (Fsp3) is 1.00. The smallest absolute Gasteiger partial charge is 0 e. The Bertz CT molecular complexity index is 55.0. The van der Waals surface area contributed by atoms with E-state index in [0.29, 0.717) is 0 Å². The molecule has 0 heterocycles. The Morgan fingerprint density at radius 3 is 1.67 bits per heavy atom. The quantitative estimate of drug-likeness (QED) is 0.409. The summed E-state index contributed by atoms with van der Waals surface area (Å²) in [5.41, 5.74) is 7.27. The van der Waals surface area contributed by atoms with Crippen molar-refractivity contribution in [1.29, 1.82) is 0 Å². The van der Waals surface area contributed by atoms with Crippen LogP contribution in [0.2, 0.25) is 0 Å².